The Morgan fingerprint density at radius 3 is 2.56 bits per heavy atom. The van der Waals surface area contributed by atoms with Crippen LogP contribution in [0.15, 0.2) is 36.5 Å². The minimum Gasteiger partial charge on any atom is -0.300 e. The van der Waals surface area contributed by atoms with Crippen LogP contribution in [-0.2, 0) is 10.2 Å². The summed E-state index contributed by atoms with van der Waals surface area (Å²) in [6.07, 6.45) is 2.21. The molecule has 0 aliphatic carbocycles. The molecule has 0 spiro atoms. The summed E-state index contributed by atoms with van der Waals surface area (Å²) >= 11 is 0. The second-order valence-electron chi connectivity index (χ2n) is 5.13. The van der Waals surface area contributed by atoms with Gasteiger partial charge in [0.1, 0.15) is 5.78 Å². The predicted molar refractivity (Wildman–Crippen MR) is 69.7 cm³/mol. The van der Waals surface area contributed by atoms with Crippen LogP contribution in [0.1, 0.15) is 32.9 Å². The van der Waals surface area contributed by atoms with Gasteiger partial charge in [0.05, 0.1) is 17.6 Å². The molecule has 4 heteroatoms. The van der Waals surface area contributed by atoms with Gasteiger partial charge in [-0.2, -0.15) is 0 Å². The first kappa shape index (κ1) is 12.5. The van der Waals surface area contributed by atoms with Crippen LogP contribution in [0.3, 0.4) is 0 Å². The second kappa shape index (κ2) is 4.72. The third-order valence-electron chi connectivity index (χ3n) is 2.93. The minimum atomic E-state index is -0.273. The number of ketones is 1. The maximum atomic E-state index is 11.4. The van der Waals surface area contributed by atoms with Crippen molar-refractivity contribution in [3.8, 4) is 5.69 Å². The number of aromatic nitrogens is 3. The average Bonchev–Trinajstić information content (AvgIpc) is 2.78. The zero-order chi connectivity index (χ0) is 13.2. The van der Waals surface area contributed by atoms with Crippen LogP contribution >= 0.6 is 0 Å². The summed E-state index contributed by atoms with van der Waals surface area (Å²) in [6.45, 7) is 5.68. The summed E-state index contributed by atoms with van der Waals surface area (Å²) in [5.74, 6) is 0.167. The number of para-hydroxylation sites is 1. The molecule has 0 amide bonds. The van der Waals surface area contributed by atoms with Crippen molar-refractivity contribution >= 4 is 5.78 Å². The molecule has 0 aliphatic rings. The Labute approximate surface area is 107 Å². The van der Waals surface area contributed by atoms with Crippen molar-refractivity contribution in [3.63, 3.8) is 0 Å². The molecule has 2 rings (SSSR count). The summed E-state index contributed by atoms with van der Waals surface area (Å²) in [5.41, 5.74) is 1.64. The lowest BCUT2D eigenvalue weighted by molar-refractivity contribution is -0.118. The van der Waals surface area contributed by atoms with Gasteiger partial charge in [-0.25, -0.2) is 4.68 Å². The maximum Gasteiger partial charge on any atom is 0.130 e. The van der Waals surface area contributed by atoms with Crippen molar-refractivity contribution in [3.05, 3.63) is 42.2 Å². The van der Waals surface area contributed by atoms with Crippen molar-refractivity contribution in [2.45, 2.75) is 32.6 Å². The molecule has 2 aromatic rings. The average molecular weight is 243 g/mol. The van der Waals surface area contributed by atoms with E-state index in [1.54, 1.807) is 17.8 Å². The highest BCUT2D eigenvalue weighted by atomic mass is 16.1. The van der Waals surface area contributed by atoms with Crippen LogP contribution in [0.25, 0.3) is 5.69 Å². The normalized spacial score (nSPS) is 11.5. The first-order valence-electron chi connectivity index (χ1n) is 5.97. The molecule has 0 saturated carbocycles. The smallest absolute Gasteiger partial charge is 0.130 e. The molecule has 0 bridgehead atoms. The molecule has 0 radical (unpaired) electrons. The highest BCUT2D eigenvalue weighted by Crippen LogP contribution is 2.28. The van der Waals surface area contributed by atoms with E-state index in [4.69, 9.17) is 0 Å². The first-order chi connectivity index (χ1) is 8.50. The van der Waals surface area contributed by atoms with Gasteiger partial charge in [0, 0.05) is 11.8 Å². The van der Waals surface area contributed by atoms with E-state index in [0.717, 1.165) is 11.4 Å². The summed E-state index contributed by atoms with van der Waals surface area (Å²) in [7, 11) is 0. The zero-order valence-corrected chi connectivity index (χ0v) is 10.9. The Morgan fingerprint density at radius 1 is 1.28 bits per heavy atom. The van der Waals surface area contributed by atoms with E-state index in [1.165, 1.54) is 0 Å². The molecule has 0 atom stereocenters. The Hall–Kier alpha value is -1.97. The van der Waals surface area contributed by atoms with Crippen LogP contribution in [0.2, 0.25) is 0 Å². The number of carbonyl (C=O) groups is 1. The molecule has 0 fully saturated rings. The minimum absolute atomic E-state index is 0.167. The topological polar surface area (TPSA) is 47.8 Å². The van der Waals surface area contributed by atoms with Gasteiger partial charge in [0.2, 0.25) is 0 Å². The van der Waals surface area contributed by atoms with Crippen molar-refractivity contribution in [2.75, 3.05) is 0 Å². The van der Waals surface area contributed by atoms with E-state index in [9.17, 15) is 4.79 Å². The highest BCUT2D eigenvalue weighted by molar-refractivity contribution is 5.77. The van der Waals surface area contributed by atoms with E-state index in [0.29, 0.717) is 6.42 Å². The fraction of sp³-hybridized carbons (Fsp3) is 0.357. The Bertz CT molecular complexity index is 543. The largest absolute Gasteiger partial charge is 0.300 e. The lowest BCUT2D eigenvalue weighted by atomic mass is 9.84. The van der Waals surface area contributed by atoms with Crippen molar-refractivity contribution in [1.29, 1.82) is 0 Å². The molecule has 0 N–H and O–H groups in total. The Morgan fingerprint density at radius 2 is 1.94 bits per heavy atom. The van der Waals surface area contributed by atoms with Gasteiger partial charge in [0.25, 0.3) is 0 Å². The van der Waals surface area contributed by atoms with Crippen LogP contribution in [-0.4, -0.2) is 20.8 Å². The summed E-state index contributed by atoms with van der Waals surface area (Å²) in [4.78, 5) is 11.4. The fourth-order valence-corrected chi connectivity index (χ4v) is 2.17. The molecule has 0 aliphatic heterocycles. The molecule has 18 heavy (non-hydrogen) atoms. The quantitative estimate of drug-likeness (QED) is 0.829. The van der Waals surface area contributed by atoms with Crippen molar-refractivity contribution in [2.24, 2.45) is 0 Å². The van der Waals surface area contributed by atoms with E-state index < -0.39 is 0 Å². The standard InChI is InChI=1S/C14H17N3O/c1-11(18)9-14(2,3)13-10-15-16-17(13)12-7-5-4-6-8-12/h4-8,10H,9H2,1-3H3. The van der Waals surface area contributed by atoms with E-state index >= 15 is 0 Å². The molecular formula is C14H17N3O. The van der Waals surface area contributed by atoms with E-state index in [1.807, 2.05) is 44.2 Å². The van der Waals surface area contributed by atoms with Gasteiger partial charge in [-0.3, -0.25) is 4.79 Å². The SMILES string of the molecule is CC(=O)CC(C)(C)c1cnnn1-c1ccccc1. The molecule has 0 saturated heterocycles. The molecule has 1 heterocycles. The number of benzene rings is 1. The third kappa shape index (κ3) is 2.47. The number of Topliss-reactive ketones (excluding diaryl/α,β-unsaturated/α-hetero) is 1. The van der Waals surface area contributed by atoms with Gasteiger partial charge in [0.15, 0.2) is 0 Å². The summed E-state index contributed by atoms with van der Waals surface area (Å²) in [6, 6.07) is 9.82. The predicted octanol–water partition coefficient (Wildman–Crippen LogP) is 2.52. The molecule has 1 aromatic carbocycles. The van der Waals surface area contributed by atoms with Crippen LogP contribution < -0.4 is 0 Å². The molecule has 1 aromatic heterocycles. The Kier molecular flexibility index (Phi) is 3.28. The lowest BCUT2D eigenvalue weighted by Gasteiger charge is -2.23. The summed E-state index contributed by atoms with van der Waals surface area (Å²) in [5, 5.41) is 8.09. The van der Waals surface area contributed by atoms with Gasteiger partial charge in [-0.1, -0.05) is 37.3 Å². The van der Waals surface area contributed by atoms with Crippen LogP contribution in [0.4, 0.5) is 0 Å². The highest BCUT2D eigenvalue weighted by Gasteiger charge is 2.27. The molecular weight excluding hydrogens is 226 g/mol. The van der Waals surface area contributed by atoms with Gasteiger partial charge >= 0.3 is 0 Å². The number of carbonyl (C=O) groups excluding carboxylic acids is 1. The lowest BCUT2D eigenvalue weighted by Crippen LogP contribution is -2.24. The van der Waals surface area contributed by atoms with Gasteiger partial charge < -0.3 is 0 Å². The first-order valence-corrected chi connectivity index (χ1v) is 5.97. The molecule has 0 unspecified atom stereocenters. The van der Waals surface area contributed by atoms with Crippen molar-refractivity contribution < 1.29 is 4.79 Å². The Balaban J connectivity index is 2.42. The zero-order valence-electron chi connectivity index (χ0n) is 10.9. The third-order valence-corrected chi connectivity index (χ3v) is 2.93. The van der Waals surface area contributed by atoms with Crippen LogP contribution in [0, 0.1) is 0 Å². The number of nitrogens with zero attached hydrogens (tertiary/aromatic N) is 3. The van der Waals surface area contributed by atoms with E-state index in [-0.39, 0.29) is 11.2 Å². The monoisotopic (exact) mass is 243 g/mol. The van der Waals surface area contributed by atoms with Gasteiger partial charge in [-0.05, 0) is 19.1 Å². The maximum absolute atomic E-state index is 11.4. The number of hydrogen-bond donors (Lipinski definition) is 0. The second-order valence-corrected chi connectivity index (χ2v) is 5.13. The fourth-order valence-electron chi connectivity index (χ4n) is 2.17. The summed E-state index contributed by atoms with van der Waals surface area (Å²) < 4.78 is 1.79. The molecule has 4 nitrogen and oxygen atoms in total. The van der Waals surface area contributed by atoms with Crippen LogP contribution in [0.5, 0.6) is 0 Å². The number of hydrogen-bond acceptors (Lipinski definition) is 3. The van der Waals surface area contributed by atoms with Gasteiger partial charge in [-0.15, -0.1) is 5.10 Å². The molecule has 94 valence electrons. The number of rotatable bonds is 4. The van der Waals surface area contributed by atoms with Crippen molar-refractivity contribution in [1.82, 2.24) is 15.0 Å². The van der Waals surface area contributed by atoms with E-state index in [2.05, 4.69) is 10.3 Å².